The first-order chi connectivity index (χ1) is 6.00. The Morgan fingerprint density at radius 3 is 2.23 bits per heavy atom. The summed E-state index contributed by atoms with van der Waals surface area (Å²) in [6.45, 7) is 0. The van der Waals surface area contributed by atoms with E-state index in [4.69, 9.17) is 4.55 Å². The van der Waals surface area contributed by atoms with Crippen LogP contribution in [0.5, 0.6) is 0 Å². The quantitative estimate of drug-likeness (QED) is 0.711. The van der Waals surface area contributed by atoms with E-state index in [1.54, 1.807) is 30.3 Å². The number of rotatable bonds is 2. The van der Waals surface area contributed by atoms with Gasteiger partial charge in [-0.1, -0.05) is 30.3 Å². The maximum Gasteiger partial charge on any atom is 0.329 e. The summed E-state index contributed by atoms with van der Waals surface area (Å²) in [7, 11) is -4.54. The van der Waals surface area contributed by atoms with E-state index < -0.39 is 15.2 Å². The third kappa shape index (κ3) is 2.96. The molecule has 1 rings (SSSR count). The molecule has 0 amide bonds. The predicted octanol–water partition coefficient (Wildman–Crippen LogP) is 0.643. The molecule has 0 fully saturated rings. The summed E-state index contributed by atoms with van der Waals surface area (Å²) in [6, 6.07) is 8.35. The lowest BCUT2D eigenvalue weighted by Gasteiger charge is -1.96. The molecule has 0 heterocycles. The highest BCUT2D eigenvalue weighted by Gasteiger charge is 2.17. The Kier molecular flexibility index (Phi) is 2.79. The van der Waals surface area contributed by atoms with Crippen molar-refractivity contribution in [2.75, 3.05) is 0 Å². The van der Waals surface area contributed by atoms with E-state index in [1.165, 1.54) is 0 Å². The van der Waals surface area contributed by atoms with Gasteiger partial charge in [0, 0.05) is 6.42 Å². The van der Waals surface area contributed by atoms with Crippen LogP contribution in [0.15, 0.2) is 30.3 Å². The van der Waals surface area contributed by atoms with Crippen molar-refractivity contribution < 1.29 is 17.8 Å². The second kappa shape index (κ2) is 3.68. The largest absolute Gasteiger partial charge is 0.329 e. The highest BCUT2D eigenvalue weighted by atomic mass is 32.2. The predicted molar refractivity (Wildman–Crippen MR) is 46.7 cm³/mol. The standard InChI is InChI=1S/C8H8O4S/c9-8(13(10,11)12)6-7-4-2-1-3-5-7/h1-5H,6H2,(H,10,11,12). The average molecular weight is 200 g/mol. The van der Waals surface area contributed by atoms with Crippen molar-refractivity contribution in [1.29, 1.82) is 0 Å². The van der Waals surface area contributed by atoms with Gasteiger partial charge in [0.1, 0.15) is 0 Å². The first-order valence-corrected chi connectivity index (χ1v) is 4.98. The van der Waals surface area contributed by atoms with Crippen LogP contribution in [-0.2, 0) is 21.3 Å². The summed E-state index contributed by atoms with van der Waals surface area (Å²) < 4.78 is 29.1. The molecule has 5 heteroatoms. The Hall–Kier alpha value is -1.20. The van der Waals surface area contributed by atoms with Crippen molar-refractivity contribution in [3.63, 3.8) is 0 Å². The smallest absolute Gasteiger partial charge is 0.280 e. The molecule has 1 aromatic rings. The van der Waals surface area contributed by atoms with Crippen molar-refractivity contribution in [3.05, 3.63) is 35.9 Å². The molecule has 0 aliphatic rings. The summed E-state index contributed by atoms with van der Waals surface area (Å²) in [5, 5.41) is -1.18. The van der Waals surface area contributed by atoms with Crippen molar-refractivity contribution in [1.82, 2.24) is 0 Å². The molecule has 0 saturated heterocycles. The molecule has 1 aromatic carbocycles. The summed E-state index contributed by atoms with van der Waals surface area (Å²) in [6.07, 6.45) is -0.292. The first-order valence-electron chi connectivity index (χ1n) is 3.54. The van der Waals surface area contributed by atoms with Gasteiger partial charge in [0.2, 0.25) is 0 Å². The Morgan fingerprint density at radius 2 is 1.77 bits per heavy atom. The highest BCUT2D eigenvalue weighted by Crippen LogP contribution is 2.02. The van der Waals surface area contributed by atoms with Crippen molar-refractivity contribution >= 4 is 15.2 Å². The van der Waals surface area contributed by atoms with Gasteiger partial charge in [0.25, 0.3) is 5.12 Å². The number of benzene rings is 1. The fourth-order valence-electron chi connectivity index (χ4n) is 0.854. The zero-order valence-corrected chi connectivity index (χ0v) is 7.49. The maximum absolute atomic E-state index is 10.8. The van der Waals surface area contributed by atoms with Gasteiger partial charge in [-0.05, 0) is 5.56 Å². The van der Waals surface area contributed by atoms with Crippen LogP contribution in [0.25, 0.3) is 0 Å². The Labute approximate surface area is 76.0 Å². The van der Waals surface area contributed by atoms with E-state index in [2.05, 4.69) is 0 Å². The Balaban J connectivity index is 2.78. The monoisotopic (exact) mass is 200 g/mol. The lowest BCUT2D eigenvalue weighted by Crippen LogP contribution is -2.15. The molecule has 0 spiro atoms. The fourth-order valence-corrected chi connectivity index (χ4v) is 1.20. The van der Waals surface area contributed by atoms with E-state index in [0.717, 1.165) is 0 Å². The second-order valence-corrected chi connectivity index (χ2v) is 3.91. The average Bonchev–Trinajstić information content (AvgIpc) is 2.04. The molecule has 0 atom stereocenters. The van der Waals surface area contributed by atoms with Gasteiger partial charge in [-0.15, -0.1) is 0 Å². The van der Waals surface area contributed by atoms with Gasteiger partial charge in [0.15, 0.2) is 0 Å². The van der Waals surface area contributed by atoms with Crippen LogP contribution in [0.4, 0.5) is 0 Å². The lowest BCUT2D eigenvalue weighted by molar-refractivity contribution is -0.111. The van der Waals surface area contributed by atoms with Crippen LogP contribution in [0.1, 0.15) is 5.56 Å². The van der Waals surface area contributed by atoms with E-state index in [1.807, 2.05) is 0 Å². The van der Waals surface area contributed by atoms with Gasteiger partial charge in [0.05, 0.1) is 0 Å². The molecular formula is C8H8O4S. The number of carbonyl (C=O) groups excluding carboxylic acids is 1. The van der Waals surface area contributed by atoms with E-state index in [-0.39, 0.29) is 6.42 Å². The molecule has 1 N–H and O–H groups in total. The zero-order chi connectivity index (χ0) is 9.90. The molecular weight excluding hydrogens is 192 g/mol. The minimum atomic E-state index is -4.54. The van der Waals surface area contributed by atoms with Crippen LogP contribution in [0.2, 0.25) is 0 Å². The topological polar surface area (TPSA) is 71.4 Å². The minimum Gasteiger partial charge on any atom is -0.280 e. The third-order valence-corrected chi connectivity index (χ3v) is 2.20. The van der Waals surface area contributed by atoms with Crippen LogP contribution in [-0.4, -0.2) is 18.1 Å². The zero-order valence-electron chi connectivity index (χ0n) is 6.67. The SMILES string of the molecule is O=C(Cc1ccccc1)S(=O)(=O)O. The van der Waals surface area contributed by atoms with Gasteiger partial charge in [-0.25, -0.2) is 0 Å². The number of carbonyl (C=O) groups is 1. The van der Waals surface area contributed by atoms with E-state index >= 15 is 0 Å². The highest BCUT2D eigenvalue weighted by molar-refractivity contribution is 8.01. The number of hydrogen-bond acceptors (Lipinski definition) is 3. The fraction of sp³-hybridized carbons (Fsp3) is 0.125. The summed E-state index contributed by atoms with van der Waals surface area (Å²) in [5.74, 6) is 0. The Morgan fingerprint density at radius 1 is 1.23 bits per heavy atom. The molecule has 0 unspecified atom stereocenters. The van der Waals surface area contributed by atoms with Crippen LogP contribution in [0.3, 0.4) is 0 Å². The van der Waals surface area contributed by atoms with Gasteiger partial charge < -0.3 is 0 Å². The molecule has 0 aromatic heterocycles. The summed E-state index contributed by atoms with van der Waals surface area (Å²) in [4.78, 5) is 10.8. The summed E-state index contributed by atoms with van der Waals surface area (Å²) in [5.41, 5.74) is 0.560. The summed E-state index contributed by atoms with van der Waals surface area (Å²) >= 11 is 0. The second-order valence-electron chi connectivity index (χ2n) is 2.51. The van der Waals surface area contributed by atoms with Crippen molar-refractivity contribution in [2.24, 2.45) is 0 Å². The molecule has 0 aliphatic carbocycles. The third-order valence-electron chi connectivity index (χ3n) is 1.48. The first kappa shape index (κ1) is 9.88. The van der Waals surface area contributed by atoms with Crippen LogP contribution < -0.4 is 0 Å². The van der Waals surface area contributed by atoms with E-state index in [9.17, 15) is 13.2 Å². The minimum absolute atomic E-state index is 0.292. The normalized spacial score (nSPS) is 11.2. The van der Waals surface area contributed by atoms with Crippen LogP contribution in [0, 0.1) is 0 Å². The molecule has 0 saturated carbocycles. The molecule has 0 aliphatic heterocycles. The van der Waals surface area contributed by atoms with E-state index in [0.29, 0.717) is 5.56 Å². The lowest BCUT2D eigenvalue weighted by atomic mass is 10.2. The van der Waals surface area contributed by atoms with Crippen LogP contribution >= 0.6 is 0 Å². The van der Waals surface area contributed by atoms with Crippen molar-refractivity contribution in [2.45, 2.75) is 6.42 Å². The molecule has 0 bridgehead atoms. The molecule has 13 heavy (non-hydrogen) atoms. The van der Waals surface area contributed by atoms with Crippen molar-refractivity contribution in [3.8, 4) is 0 Å². The molecule has 4 nitrogen and oxygen atoms in total. The maximum atomic E-state index is 10.8. The molecule has 0 radical (unpaired) electrons. The van der Waals surface area contributed by atoms with Gasteiger partial charge in [-0.3, -0.25) is 9.35 Å². The van der Waals surface area contributed by atoms with Gasteiger partial charge in [-0.2, -0.15) is 8.42 Å². The molecule has 70 valence electrons. The Bertz CT molecular complexity index is 393. The van der Waals surface area contributed by atoms with Gasteiger partial charge >= 0.3 is 10.1 Å². The number of hydrogen-bond donors (Lipinski definition) is 1.